The molecule has 4 nitrogen and oxygen atoms in total. The fourth-order valence-electron chi connectivity index (χ4n) is 3.55. The standard InChI is InChI=1S/C26H46N2O2S2/c27-23-25(31-21-17-13-9-5-1-3-7-11-15-19-29)26(24-28)32-22-18-14-10-6-2-4-8-12-16-20-30/h29-30H,1-22H2/b26-25-. The van der Waals surface area contributed by atoms with Crippen molar-refractivity contribution in [3.63, 3.8) is 0 Å². The average Bonchev–Trinajstić information content (AvgIpc) is 2.81. The highest BCUT2D eigenvalue weighted by atomic mass is 32.2. The maximum Gasteiger partial charge on any atom is 0.109 e. The van der Waals surface area contributed by atoms with Crippen LogP contribution in [-0.4, -0.2) is 34.9 Å². The Morgan fingerprint density at radius 1 is 0.438 bits per heavy atom. The Morgan fingerprint density at radius 3 is 0.938 bits per heavy atom. The number of hydrogen-bond donors (Lipinski definition) is 2. The van der Waals surface area contributed by atoms with Crippen molar-refractivity contribution < 1.29 is 10.2 Å². The molecular formula is C26H46N2O2S2. The second-order valence-electron chi connectivity index (χ2n) is 8.39. The SMILES string of the molecule is N#C/C(SCCCCCCCCCCCO)=C(\C#N)SCCCCCCCCCCCO. The van der Waals surface area contributed by atoms with Gasteiger partial charge < -0.3 is 10.2 Å². The van der Waals surface area contributed by atoms with E-state index in [1.807, 2.05) is 0 Å². The van der Waals surface area contributed by atoms with Crippen LogP contribution < -0.4 is 0 Å². The van der Waals surface area contributed by atoms with Crippen LogP contribution in [0.1, 0.15) is 116 Å². The third kappa shape index (κ3) is 21.2. The lowest BCUT2D eigenvalue weighted by Crippen LogP contribution is -1.88. The van der Waals surface area contributed by atoms with Crippen molar-refractivity contribution in [1.82, 2.24) is 0 Å². The van der Waals surface area contributed by atoms with Crippen molar-refractivity contribution >= 4 is 23.5 Å². The summed E-state index contributed by atoms with van der Waals surface area (Å²) in [5.74, 6) is 1.84. The van der Waals surface area contributed by atoms with Crippen molar-refractivity contribution in [1.29, 1.82) is 10.5 Å². The lowest BCUT2D eigenvalue weighted by molar-refractivity contribution is 0.282. The molecule has 0 aromatic heterocycles. The van der Waals surface area contributed by atoms with Gasteiger partial charge in [-0.3, -0.25) is 0 Å². The van der Waals surface area contributed by atoms with Gasteiger partial charge in [0.05, 0.1) is 0 Å². The van der Waals surface area contributed by atoms with Crippen molar-refractivity contribution in [2.45, 2.75) is 116 Å². The number of unbranched alkanes of at least 4 members (excludes halogenated alkanes) is 16. The Kier molecular flexibility index (Phi) is 26.0. The molecule has 0 fully saturated rings. The predicted molar refractivity (Wildman–Crippen MR) is 140 cm³/mol. The maximum atomic E-state index is 9.44. The molecule has 0 aromatic carbocycles. The van der Waals surface area contributed by atoms with Gasteiger partial charge in [-0.05, 0) is 37.2 Å². The summed E-state index contributed by atoms with van der Waals surface area (Å²) in [4.78, 5) is 1.20. The molecule has 0 unspecified atom stereocenters. The zero-order valence-corrected chi connectivity index (χ0v) is 21.8. The summed E-state index contributed by atoms with van der Waals surface area (Å²) >= 11 is 3.10. The van der Waals surface area contributed by atoms with E-state index in [4.69, 9.17) is 10.2 Å². The van der Waals surface area contributed by atoms with E-state index in [-0.39, 0.29) is 0 Å². The van der Waals surface area contributed by atoms with Gasteiger partial charge in [-0.2, -0.15) is 10.5 Å². The van der Waals surface area contributed by atoms with Crippen LogP contribution in [0.5, 0.6) is 0 Å². The van der Waals surface area contributed by atoms with Crippen LogP contribution in [0.3, 0.4) is 0 Å². The van der Waals surface area contributed by atoms with E-state index in [1.165, 1.54) is 77.0 Å². The number of aliphatic hydroxyl groups is 2. The summed E-state index contributed by atoms with van der Waals surface area (Å²) in [6.07, 6.45) is 21.3. The second-order valence-corrected chi connectivity index (χ2v) is 10.6. The first kappa shape index (κ1) is 31.3. The van der Waals surface area contributed by atoms with Crippen LogP contribution in [0, 0.1) is 22.7 Å². The minimum atomic E-state index is 0.316. The minimum absolute atomic E-state index is 0.316. The quantitative estimate of drug-likeness (QED) is 0.108. The fraction of sp³-hybridized carbons (Fsp3) is 0.846. The van der Waals surface area contributed by atoms with E-state index in [0.717, 1.165) is 50.0 Å². The highest BCUT2D eigenvalue weighted by Gasteiger charge is 2.08. The van der Waals surface area contributed by atoms with Crippen LogP contribution in [-0.2, 0) is 0 Å². The average molecular weight is 483 g/mol. The van der Waals surface area contributed by atoms with Crippen LogP contribution in [0.15, 0.2) is 9.81 Å². The van der Waals surface area contributed by atoms with Crippen molar-refractivity contribution in [3.05, 3.63) is 9.81 Å². The van der Waals surface area contributed by atoms with Crippen molar-refractivity contribution in [3.8, 4) is 12.1 Å². The Morgan fingerprint density at radius 2 is 0.688 bits per heavy atom. The minimum Gasteiger partial charge on any atom is -0.396 e. The molecule has 2 N–H and O–H groups in total. The smallest absolute Gasteiger partial charge is 0.109 e. The number of nitrogens with zero attached hydrogens (tertiary/aromatic N) is 2. The van der Waals surface area contributed by atoms with Crippen LogP contribution in [0.2, 0.25) is 0 Å². The molecule has 0 rings (SSSR count). The van der Waals surface area contributed by atoms with Gasteiger partial charge in [-0.1, -0.05) is 89.9 Å². The maximum absolute atomic E-state index is 9.44. The van der Waals surface area contributed by atoms with Gasteiger partial charge >= 0.3 is 0 Å². The van der Waals surface area contributed by atoms with Gasteiger partial charge in [0.1, 0.15) is 21.9 Å². The number of thioether (sulfide) groups is 2. The summed E-state index contributed by atoms with van der Waals surface area (Å²) in [6.45, 7) is 0.632. The summed E-state index contributed by atoms with van der Waals surface area (Å²) in [6, 6.07) is 4.49. The molecule has 0 heterocycles. The normalized spacial score (nSPS) is 11.8. The zero-order chi connectivity index (χ0) is 23.5. The molecular weight excluding hydrogens is 436 g/mol. The first-order valence-corrected chi connectivity index (χ1v) is 14.8. The largest absolute Gasteiger partial charge is 0.396 e. The molecule has 0 spiro atoms. The van der Waals surface area contributed by atoms with Gasteiger partial charge in [0.2, 0.25) is 0 Å². The van der Waals surface area contributed by atoms with E-state index >= 15 is 0 Å². The first-order chi connectivity index (χ1) is 15.8. The highest BCUT2D eigenvalue weighted by Crippen LogP contribution is 2.28. The molecule has 0 radical (unpaired) electrons. The van der Waals surface area contributed by atoms with E-state index < -0.39 is 0 Å². The molecule has 0 aromatic rings. The van der Waals surface area contributed by atoms with Crippen molar-refractivity contribution in [2.75, 3.05) is 24.7 Å². The zero-order valence-electron chi connectivity index (χ0n) is 20.2. The Labute approximate surface area is 206 Å². The molecule has 0 saturated heterocycles. The van der Waals surface area contributed by atoms with Gasteiger partial charge in [0.25, 0.3) is 0 Å². The molecule has 0 atom stereocenters. The lowest BCUT2D eigenvalue weighted by atomic mass is 10.1. The summed E-state index contributed by atoms with van der Waals surface area (Å²) in [5, 5.41) is 36.4. The number of allylic oxidation sites excluding steroid dienone is 2. The van der Waals surface area contributed by atoms with Gasteiger partial charge in [-0.15, -0.1) is 23.5 Å². The molecule has 184 valence electrons. The molecule has 0 saturated carbocycles. The first-order valence-electron chi connectivity index (χ1n) is 12.8. The lowest BCUT2D eigenvalue weighted by Gasteiger charge is -2.05. The van der Waals surface area contributed by atoms with Crippen LogP contribution in [0.4, 0.5) is 0 Å². The Bertz CT molecular complexity index is 481. The van der Waals surface area contributed by atoms with Crippen molar-refractivity contribution in [2.24, 2.45) is 0 Å². The molecule has 0 aliphatic carbocycles. The van der Waals surface area contributed by atoms with E-state index in [9.17, 15) is 10.5 Å². The van der Waals surface area contributed by atoms with Gasteiger partial charge in [-0.25, -0.2) is 0 Å². The number of rotatable bonds is 24. The number of nitriles is 2. The summed E-state index contributed by atoms with van der Waals surface area (Å²) in [7, 11) is 0. The van der Waals surface area contributed by atoms with Gasteiger partial charge in [0.15, 0.2) is 0 Å². The predicted octanol–water partition coefficient (Wildman–Crippen LogP) is 7.72. The van der Waals surface area contributed by atoms with Gasteiger partial charge in [0, 0.05) is 13.2 Å². The monoisotopic (exact) mass is 482 g/mol. The summed E-state index contributed by atoms with van der Waals surface area (Å²) in [5.41, 5.74) is 0. The molecule has 0 bridgehead atoms. The molecule has 0 aliphatic heterocycles. The second kappa shape index (κ2) is 26.6. The highest BCUT2D eigenvalue weighted by molar-refractivity contribution is 8.07. The molecule has 6 heteroatoms. The van der Waals surface area contributed by atoms with E-state index in [2.05, 4.69) is 12.1 Å². The molecule has 32 heavy (non-hydrogen) atoms. The van der Waals surface area contributed by atoms with Crippen LogP contribution in [0.25, 0.3) is 0 Å². The molecule has 0 aliphatic rings. The van der Waals surface area contributed by atoms with Crippen LogP contribution >= 0.6 is 23.5 Å². The third-order valence-electron chi connectivity index (χ3n) is 5.51. The topological polar surface area (TPSA) is 88.0 Å². The summed E-state index contributed by atoms with van der Waals surface area (Å²) < 4.78 is 0. The Hall–Kier alpha value is -0.660. The Balaban J connectivity index is 3.74. The third-order valence-corrected chi connectivity index (χ3v) is 7.79. The van der Waals surface area contributed by atoms with E-state index in [0.29, 0.717) is 23.0 Å². The molecule has 0 amide bonds. The number of hydrogen-bond acceptors (Lipinski definition) is 6. The van der Waals surface area contributed by atoms with E-state index in [1.54, 1.807) is 23.5 Å². The fourth-order valence-corrected chi connectivity index (χ4v) is 5.49. The number of aliphatic hydroxyl groups excluding tert-OH is 2.